The Morgan fingerprint density at radius 3 is 2.77 bits per heavy atom. The molecule has 0 aromatic carbocycles. The fourth-order valence-electron chi connectivity index (χ4n) is 1.20. The first-order valence-corrected chi connectivity index (χ1v) is 3.86. The molecule has 1 saturated heterocycles. The maximum absolute atomic E-state index is 11.0. The van der Waals surface area contributed by atoms with E-state index >= 15 is 0 Å². The van der Waals surface area contributed by atoms with Crippen LogP contribution < -0.4 is 5.32 Å². The minimum atomic E-state index is -0.894. The van der Waals surface area contributed by atoms with E-state index in [-0.39, 0.29) is 0 Å². The Bertz CT molecular complexity index is 264. The first kappa shape index (κ1) is 9.50. The number of ether oxygens (including phenoxy) is 1. The quantitative estimate of drug-likeness (QED) is 0.285. The Kier molecular flexibility index (Phi) is 2.84. The zero-order valence-electron chi connectivity index (χ0n) is 7.20. The van der Waals surface area contributed by atoms with Gasteiger partial charge in [0, 0.05) is 6.54 Å². The minimum absolute atomic E-state index is 0.372. The predicted molar refractivity (Wildman–Crippen MR) is 43.3 cm³/mol. The van der Waals surface area contributed by atoms with E-state index in [4.69, 9.17) is 0 Å². The molecule has 0 spiro atoms. The van der Waals surface area contributed by atoms with Crippen molar-refractivity contribution in [1.29, 1.82) is 0 Å². The van der Waals surface area contributed by atoms with Crippen molar-refractivity contribution in [2.24, 2.45) is 0 Å². The van der Waals surface area contributed by atoms with Gasteiger partial charge in [-0.1, -0.05) is 0 Å². The summed E-state index contributed by atoms with van der Waals surface area (Å²) in [5.74, 6) is -0.894. The topological polar surface area (TPSA) is 81.5 Å². The third-order valence-electron chi connectivity index (χ3n) is 1.79. The lowest BCUT2D eigenvalue weighted by molar-refractivity contribution is -0.422. The lowest BCUT2D eigenvalue weighted by Crippen LogP contribution is -2.19. The van der Waals surface area contributed by atoms with E-state index in [0.717, 1.165) is 13.5 Å². The Labute approximate surface area is 74.7 Å². The van der Waals surface area contributed by atoms with Crippen LogP contribution in [0.25, 0.3) is 0 Å². The summed E-state index contributed by atoms with van der Waals surface area (Å²) in [4.78, 5) is 20.8. The van der Waals surface area contributed by atoms with Crippen molar-refractivity contribution >= 4 is 5.97 Å². The molecule has 0 atom stereocenters. The van der Waals surface area contributed by atoms with Crippen molar-refractivity contribution in [2.75, 3.05) is 13.7 Å². The number of allylic oxidation sites excluding steroid dienone is 1. The van der Waals surface area contributed by atoms with Gasteiger partial charge >= 0.3 is 11.7 Å². The maximum atomic E-state index is 11.0. The molecule has 1 fully saturated rings. The van der Waals surface area contributed by atoms with Crippen LogP contribution in [0.3, 0.4) is 0 Å². The molecular formula is C7H10N2O4. The van der Waals surface area contributed by atoms with Crippen molar-refractivity contribution in [3.8, 4) is 0 Å². The van der Waals surface area contributed by atoms with Gasteiger partial charge in [-0.3, -0.25) is 10.1 Å². The number of nitrogens with zero attached hydrogens (tertiary/aromatic N) is 1. The van der Waals surface area contributed by atoms with Crippen LogP contribution >= 0.6 is 0 Å². The molecule has 1 aliphatic heterocycles. The molecule has 0 aromatic rings. The highest BCUT2D eigenvalue weighted by Crippen LogP contribution is 2.15. The highest BCUT2D eigenvalue weighted by Gasteiger charge is 2.29. The van der Waals surface area contributed by atoms with Gasteiger partial charge in [0.1, 0.15) is 0 Å². The molecule has 1 aliphatic rings. The van der Waals surface area contributed by atoms with Crippen LogP contribution in [-0.2, 0) is 9.53 Å². The summed E-state index contributed by atoms with van der Waals surface area (Å²) >= 11 is 0. The summed E-state index contributed by atoms with van der Waals surface area (Å²) in [5.41, 5.74) is -0.100. The molecule has 0 saturated carbocycles. The third kappa shape index (κ3) is 1.95. The van der Waals surface area contributed by atoms with E-state index in [1.165, 1.54) is 0 Å². The van der Waals surface area contributed by atoms with Gasteiger partial charge in [-0.15, -0.1) is 0 Å². The fraction of sp³-hybridized carbons (Fsp3) is 0.571. The van der Waals surface area contributed by atoms with Crippen molar-refractivity contribution in [2.45, 2.75) is 12.8 Å². The van der Waals surface area contributed by atoms with Crippen LogP contribution in [-0.4, -0.2) is 24.5 Å². The van der Waals surface area contributed by atoms with Crippen molar-refractivity contribution < 1.29 is 14.5 Å². The lowest BCUT2D eigenvalue weighted by Gasteiger charge is -2.00. The SMILES string of the molecule is COC(=O)/C(=C1\CCCN1)[N+](=O)[O-]. The molecule has 0 aliphatic carbocycles. The second kappa shape index (κ2) is 3.88. The summed E-state index contributed by atoms with van der Waals surface area (Å²) in [7, 11) is 1.13. The second-order valence-electron chi connectivity index (χ2n) is 2.61. The standard InChI is InChI=1S/C7H10N2O4/c1-13-7(10)6(9(11)12)5-3-2-4-8-5/h8H,2-4H2,1H3/b6-5-. The molecule has 0 bridgehead atoms. The van der Waals surface area contributed by atoms with Crippen LogP contribution in [0.2, 0.25) is 0 Å². The van der Waals surface area contributed by atoms with Gasteiger partial charge in [-0.05, 0) is 12.8 Å². The summed E-state index contributed by atoms with van der Waals surface area (Å²) < 4.78 is 4.31. The first-order chi connectivity index (χ1) is 6.16. The number of rotatable bonds is 2. The Hall–Kier alpha value is -1.59. The Balaban J connectivity index is 2.96. The number of carbonyl (C=O) groups is 1. The number of esters is 1. The number of hydrogen-bond acceptors (Lipinski definition) is 5. The zero-order valence-corrected chi connectivity index (χ0v) is 7.20. The van der Waals surface area contributed by atoms with Gasteiger partial charge in [0.05, 0.1) is 17.7 Å². The molecule has 1 rings (SSSR count). The number of hydrogen-bond donors (Lipinski definition) is 1. The minimum Gasteiger partial charge on any atom is -0.461 e. The Morgan fingerprint density at radius 2 is 2.38 bits per heavy atom. The third-order valence-corrected chi connectivity index (χ3v) is 1.79. The van der Waals surface area contributed by atoms with Gasteiger partial charge in [-0.25, -0.2) is 4.79 Å². The average molecular weight is 186 g/mol. The molecule has 1 heterocycles. The van der Waals surface area contributed by atoms with E-state index in [2.05, 4.69) is 10.1 Å². The number of nitrogens with one attached hydrogen (secondary N) is 1. The Morgan fingerprint density at radius 1 is 1.69 bits per heavy atom. The summed E-state index contributed by atoms with van der Waals surface area (Å²) in [6, 6.07) is 0. The van der Waals surface area contributed by atoms with E-state index < -0.39 is 16.6 Å². The highest BCUT2D eigenvalue weighted by molar-refractivity contribution is 5.86. The normalized spacial score (nSPS) is 19.2. The fourth-order valence-corrected chi connectivity index (χ4v) is 1.20. The highest BCUT2D eigenvalue weighted by atomic mass is 16.6. The van der Waals surface area contributed by atoms with E-state index in [1.807, 2.05) is 0 Å². The molecule has 0 unspecified atom stereocenters. The van der Waals surface area contributed by atoms with Gasteiger partial charge < -0.3 is 10.1 Å². The molecule has 0 amide bonds. The smallest absolute Gasteiger partial charge is 0.411 e. The monoisotopic (exact) mass is 186 g/mol. The van der Waals surface area contributed by atoms with Crippen molar-refractivity contribution in [1.82, 2.24) is 5.32 Å². The van der Waals surface area contributed by atoms with Crippen LogP contribution in [0.1, 0.15) is 12.8 Å². The summed E-state index contributed by atoms with van der Waals surface area (Å²) in [6.45, 7) is 0.670. The van der Waals surface area contributed by atoms with Gasteiger partial charge in [-0.2, -0.15) is 0 Å². The van der Waals surface area contributed by atoms with Crippen molar-refractivity contribution in [3.05, 3.63) is 21.5 Å². The molecular weight excluding hydrogens is 176 g/mol. The molecule has 13 heavy (non-hydrogen) atoms. The predicted octanol–water partition coefficient (Wildman–Crippen LogP) is 0.0311. The van der Waals surface area contributed by atoms with Gasteiger partial charge in [0.25, 0.3) is 0 Å². The molecule has 0 radical (unpaired) electrons. The summed E-state index contributed by atoms with van der Waals surface area (Å²) in [5, 5.41) is 13.3. The van der Waals surface area contributed by atoms with Crippen LogP contribution in [0.5, 0.6) is 0 Å². The van der Waals surface area contributed by atoms with Crippen LogP contribution in [0.15, 0.2) is 11.4 Å². The van der Waals surface area contributed by atoms with Crippen LogP contribution in [0.4, 0.5) is 0 Å². The van der Waals surface area contributed by atoms with E-state index in [1.54, 1.807) is 0 Å². The average Bonchev–Trinajstić information content (AvgIpc) is 2.56. The lowest BCUT2D eigenvalue weighted by atomic mass is 10.2. The molecule has 6 heteroatoms. The number of nitro groups is 1. The second-order valence-corrected chi connectivity index (χ2v) is 2.61. The van der Waals surface area contributed by atoms with Gasteiger partial charge in [0.15, 0.2) is 0 Å². The summed E-state index contributed by atoms with van der Waals surface area (Å²) in [6.07, 6.45) is 1.34. The maximum Gasteiger partial charge on any atom is 0.411 e. The molecule has 1 N–H and O–H groups in total. The largest absolute Gasteiger partial charge is 0.461 e. The van der Waals surface area contributed by atoms with E-state index in [0.29, 0.717) is 18.7 Å². The first-order valence-electron chi connectivity index (χ1n) is 3.86. The van der Waals surface area contributed by atoms with E-state index in [9.17, 15) is 14.9 Å². The zero-order chi connectivity index (χ0) is 9.84. The van der Waals surface area contributed by atoms with Crippen LogP contribution in [0, 0.1) is 10.1 Å². The number of methoxy groups -OCH3 is 1. The molecule has 0 aromatic heterocycles. The van der Waals surface area contributed by atoms with Gasteiger partial charge in [0.2, 0.25) is 0 Å². The van der Waals surface area contributed by atoms with Crippen molar-refractivity contribution in [3.63, 3.8) is 0 Å². The number of carbonyl (C=O) groups excluding carboxylic acids is 1. The molecule has 72 valence electrons. The molecule has 6 nitrogen and oxygen atoms in total.